The van der Waals surface area contributed by atoms with E-state index >= 15 is 0 Å². The van der Waals surface area contributed by atoms with E-state index in [0.717, 1.165) is 11.5 Å². The molecule has 0 atom stereocenters. The van der Waals surface area contributed by atoms with Crippen LogP contribution in [-0.2, 0) is 0 Å². The smallest absolute Gasteiger partial charge is 0.127 e. The Balaban J connectivity index is -0.000000353. The van der Waals surface area contributed by atoms with Gasteiger partial charge in [-0.3, -0.25) is 0 Å². The number of benzene rings is 2. The molecule has 0 aliphatic heterocycles. The molecule has 2 rings (SSSR count). The molecule has 0 saturated heterocycles. The number of para-hydroxylation sites is 2. The molecule has 1 heteroatoms. The topological polar surface area (TPSA) is 9.23 Å². The van der Waals surface area contributed by atoms with Crippen LogP contribution in [0.1, 0.15) is 55.4 Å². The molecule has 0 bridgehead atoms. The molecule has 0 N–H and O–H groups in total. The largest absolute Gasteiger partial charge is 0.457 e. The third-order valence-electron chi connectivity index (χ3n) is 1.72. The summed E-state index contributed by atoms with van der Waals surface area (Å²) in [5.74, 6) is 1.74. The van der Waals surface area contributed by atoms with Crippen LogP contribution < -0.4 is 4.74 Å². The van der Waals surface area contributed by atoms with Crippen LogP contribution in [0.4, 0.5) is 0 Å². The van der Waals surface area contributed by atoms with Crippen molar-refractivity contribution in [1.82, 2.24) is 0 Å². The molecule has 0 amide bonds. The zero-order valence-corrected chi connectivity index (χ0v) is 15.2. The predicted molar refractivity (Wildman–Crippen MR) is 98.4 cm³/mol. The molecule has 2 aromatic rings. The van der Waals surface area contributed by atoms with Crippen molar-refractivity contribution in [3.05, 3.63) is 60.7 Å². The van der Waals surface area contributed by atoms with Crippen molar-refractivity contribution < 1.29 is 4.74 Å². The molecule has 0 aliphatic rings. The molecule has 0 spiro atoms. The molecule has 0 saturated carbocycles. The summed E-state index contributed by atoms with van der Waals surface area (Å²) in [6, 6.07) is 19.5. The third-order valence-corrected chi connectivity index (χ3v) is 1.72. The van der Waals surface area contributed by atoms with Crippen LogP contribution in [0.25, 0.3) is 0 Å². The van der Waals surface area contributed by atoms with Crippen LogP contribution in [0.15, 0.2) is 60.7 Å². The van der Waals surface area contributed by atoms with Crippen LogP contribution in [0.3, 0.4) is 0 Å². The fourth-order valence-corrected chi connectivity index (χ4v) is 1.11. The summed E-state index contributed by atoms with van der Waals surface area (Å²) < 4.78 is 5.58. The van der Waals surface area contributed by atoms with Gasteiger partial charge in [-0.2, -0.15) is 0 Å². The van der Waals surface area contributed by atoms with E-state index in [1.54, 1.807) is 0 Å². The average Bonchev–Trinajstić information content (AvgIpc) is 2.64. The van der Waals surface area contributed by atoms with Crippen molar-refractivity contribution in [2.45, 2.75) is 55.4 Å². The van der Waals surface area contributed by atoms with Gasteiger partial charge in [0.05, 0.1) is 0 Å². The van der Waals surface area contributed by atoms with E-state index in [1.807, 2.05) is 116 Å². The van der Waals surface area contributed by atoms with E-state index in [2.05, 4.69) is 0 Å². The molecule has 0 fully saturated rings. The van der Waals surface area contributed by atoms with Crippen molar-refractivity contribution in [3.8, 4) is 11.5 Å². The van der Waals surface area contributed by atoms with Crippen molar-refractivity contribution in [2.24, 2.45) is 0 Å². The summed E-state index contributed by atoms with van der Waals surface area (Å²) >= 11 is 0. The van der Waals surface area contributed by atoms with E-state index < -0.39 is 0 Å². The molecule has 0 unspecified atom stereocenters. The number of hydrogen-bond acceptors (Lipinski definition) is 1. The molecule has 0 heterocycles. The quantitative estimate of drug-likeness (QED) is 0.553. The fraction of sp³-hybridized carbons (Fsp3) is 0.400. The van der Waals surface area contributed by atoms with Crippen LogP contribution in [0.2, 0.25) is 0 Å². The van der Waals surface area contributed by atoms with Gasteiger partial charge in [-0.25, -0.2) is 0 Å². The first-order valence-corrected chi connectivity index (χ1v) is 8.23. The maximum absolute atomic E-state index is 5.58. The van der Waals surface area contributed by atoms with Crippen LogP contribution in [-0.4, -0.2) is 0 Å². The summed E-state index contributed by atoms with van der Waals surface area (Å²) in [6.45, 7) is 16.0. The lowest BCUT2D eigenvalue weighted by Crippen LogP contribution is -1.81. The monoisotopic (exact) mass is 290 g/mol. The highest BCUT2D eigenvalue weighted by atomic mass is 16.5. The van der Waals surface area contributed by atoms with Gasteiger partial charge in [-0.05, 0) is 24.3 Å². The Kier molecular flexibility index (Phi) is 27.0. The van der Waals surface area contributed by atoms with Gasteiger partial charge < -0.3 is 4.74 Å². The van der Waals surface area contributed by atoms with Crippen molar-refractivity contribution >= 4 is 0 Å². The Bertz CT molecular complexity index is 317. The minimum absolute atomic E-state index is 0.869. The normalized spacial score (nSPS) is 7.05. The predicted octanol–water partition coefficient (Wildman–Crippen LogP) is 7.58. The van der Waals surface area contributed by atoms with Crippen LogP contribution >= 0.6 is 0 Å². The molecular weight excluding hydrogens is 256 g/mol. The van der Waals surface area contributed by atoms with E-state index in [1.165, 1.54) is 0 Å². The first-order valence-electron chi connectivity index (χ1n) is 8.23. The lowest BCUT2D eigenvalue weighted by molar-refractivity contribution is 0.482. The Morgan fingerprint density at radius 2 is 0.667 bits per heavy atom. The molecular formula is C20H34O. The zero-order chi connectivity index (χ0) is 16.9. The summed E-state index contributed by atoms with van der Waals surface area (Å²) in [6.07, 6.45) is 0. The fourth-order valence-electron chi connectivity index (χ4n) is 1.11. The molecule has 0 aromatic heterocycles. The number of rotatable bonds is 2. The summed E-state index contributed by atoms with van der Waals surface area (Å²) in [5, 5.41) is 0. The van der Waals surface area contributed by atoms with Gasteiger partial charge in [-0.15, -0.1) is 0 Å². The van der Waals surface area contributed by atoms with E-state index in [0.29, 0.717) is 0 Å². The first kappa shape index (κ1) is 24.3. The highest BCUT2D eigenvalue weighted by molar-refractivity contribution is 5.30. The highest BCUT2D eigenvalue weighted by Gasteiger charge is 1.92. The maximum atomic E-state index is 5.58. The summed E-state index contributed by atoms with van der Waals surface area (Å²) in [7, 11) is 0. The van der Waals surface area contributed by atoms with Crippen molar-refractivity contribution in [2.75, 3.05) is 0 Å². The SMILES string of the molecule is CC.CC.CC.CC.c1ccc(Oc2ccccc2)cc1. The minimum Gasteiger partial charge on any atom is -0.457 e. The second-order valence-electron chi connectivity index (χ2n) is 2.73. The molecule has 0 radical (unpaired) electrons. The lowest BCUT2D eigenvalue weighted by Gasteiger charge is -2.03. The van der Waals surface area contributed by atoms with Crippen LogP contribution in [0.5, 0.6) is 11.5 Å². The zero-order valence-electron chi connectivity index (χ0n) is 15.2. The molecule has 21 heavy (non-hydrogen) atoms. The van der Waals surface area contributed by atoms with Gasteiger partial charge in [-0.1, -0.05) is 91.8 Å². The summed E-state index contributed by atoms with van der Waals surface area (Å²) in [5.41, 5.74) is 0. The number of hydrogen-bond donors (Lipinski definition) is 0. The molecule has 2 aromatic carbocycles. The Morgan fingerprint density at radius 3 is 0.905 bits per heavy atom. The third kappa shape index (κ3) is 14.5. The summed E-state index contributed by atoms with van der Waals surface area (Å²) in [4.78, 5) is 0. The second-order valence-corrected chi connectivity index (χ2v) is 2.73. The average molecular weight is 290 g/mol. The van der Waals surface area contributed by atoms with E-state index in [9.17, 15) is 0 Å². The maximum Gasteiger partial charge on any atom is 0.127 e. The standard InChI is InChI=1S/C12H10O.4C2H6/c1-3-7-11(8-4-1)13-12-9-5-2-6-10-12;4*1-2/h1-10H;4*1-2H3. The van der Waals surface area contributed by atoms with E-state index in [-0.39, 0.29) is 0 Å². The molecule has 1 nitrogen and oxygen atoms in total. The number of ether oxygens (including phenoxy) is 1. The van der Waals surface area contributed by atoms with E-state index in [4.69, 9.17) is 4.74 Å². The molecule has 0 aliphatic carbocycles. The second kappa shape index (κ2) is 23.3. The van der Waals surface area contributed by atoms with Gasteiger partial charge >= 0.3 is 0 Å². The molecule has 120 valence electrons. The van der Waals surface area contributed by atoms with Gasteiger partial charge in [0.2, 0.25) is 0 Å². The van der Waals surface area contributed by atoms with Crippen molar-refractivity contribution in [1.29, 1.82) is 0 Å². The Labute approximate surface area is 133 Å². The van der Waals surface area contributed by atoms with Crippen molar-refractivity contribution in [3.63, 3.8) is 0 Å². The van der Waals surface area contributed by atoms with Gasteiger partial charge in [0, 0.05) is 0 Å². The minimum atomic E-state index is 0.869. The van der Waals surface area contributed by atoms with Gasteiger partial charge in [0.25, 0.3) is 0 Å². The van der Waals surface area contributed by atoms with Gasteiger partial charge in [0.15, 0.2) is 0 Å². The van der Waals surface area contributed by atoms with Gasteiger partial charge in [0.1, 0.15) is 11.5 Å². The van der Waals surface area contributed by atoms with Crippen LogP contribution in [0, 0.1) is 0 Å². The Morgan fingerprint density at radius 1 is 0.429 bits per heavy atom. The Hall–Kier alpha value is -1.76. The first-order chi connectivity index (χ1) is 10.4. The lowest BCUT2D eigenvalue weighted by atomic mass is 10.3. The highest BCUT2D eigenvalue weighted by Crippen LogP contribution is 2.19.